The summed E-state index contributed by atoms with van der Waals surface area (Å²) in [5.41, 5.74) is 1.31. The second-order valence-corrected chi connectivity index (χ2v) is 4.73. The molecule has 0 spiro atoms. The molecule has 0 aliphatic heterocycles. The number of anilines is 2. The summed E-state index contributed by atoms with van der Waals surface area (Å²) in [5, 5.41) is 5.82. The van der Waals surface area contributed by atoms with Gasteiger partial charge in [0, 0.05) is 24.0 Å². The first-order valence-corrected chi connectivity index (χ1v) is 6.88. The Labute approximate surface area is 123 Å². The molecule has 2 aromatic rings. The lowest BCUT2D eigenvalue weighted by Gasteiger charge is -2.09. The molecule has 1 heterocycles. The molecule has 0 saturated carbocycles. The van der Waals surface area contributed by atoms with Crippen LogP contribution in [0.3, 0.4) is 0 Å². The minimum absolute atomic E-state index is 0.307. The largest absolute Gasteiger partial charge is 0.370 e. The van der Waals surface area contributed by atoms with Crippen molar-refractivity contribution in [2.45, 2.75) is 20.3 Å². The number of hydrogen-bond donors (Lipinski definition) is 2. The van der Waals surface area contributed by atoms with Gasteiger partial charge in [0.15, 0.2) is 0 Å². The Hall–Kier alpha value is -2.43. The Bertz CT molecular complexity index is 626. The third kappa shape index (κ3) is 3.78. The number of carbonyl (C=O) groups excluding carboxylic acids is 1. The summed E-state index contributed by atoms with van der Waals surface area (Å²) in [5.74, 6) is 0.0821. The van der Waals surface area contributed by atoms with Crippen LogP contribution in [-0.4, -0.2) is 17.4 Å². The lowest BCUT2D eigenvalue weighted by atomic mass is 10.1. The van der Waals surface area contributed by atoms with Gasteiger partial charge in [-0.25, -0.2) is 9.37 Å². The molecule has 0 fully saturated rings. The Balaban J connectivity index is 2.08. The molecule has 1 aromatic carbocycles. The molecule has 5 heteroatoms. The molecule has 2 rings (SSSR count). The van der Waals surface area contributed by atoms with E-state index in [1.807, 2.05) is 0 Å². The number of rotatable bonds is 5. The minimum Gasteiger partial charge on any atom is -0.370 e. The summed E-state index contributed by atoms with van der Waals surface area (Å²) in [6, 6.07) is 8.04. The summed E-state index contributed by atoms with van der Waals surface area (Å²) in [4.78, 5) is 16.3. The third-order valence-electron chi connectivity index (χ3n) is 3.10. The fourth-order valence-electron chi connectivity index (χ4n) is 1.82. The summed E-state index contributed by atoms with van der Waals surface area (Å²) in [6.07, 6.45) is 2.50. The van der Waals surface area contributed by atoms with E-state index in [-0.39, 0.29) is 11.7 Å². The van der Waals surface area contributed by atoms with Gasteiger partial charge in [-0.15, -0.1) is 0 Å². The number of aromatic nitrogens is 1. The maximum absolute atomic E-state index is 13.4. The molecule has 0 aliphatic rings. The van der Waals surface area contributed by atoms with Crippen molar-refractivity contribution in [1.82, 2.24) is 4.98 Å². The number of carbonyl (C=O) groups is 1. The number of benzene rings is 1. The van der Waals surface area contributed by atoms with E-state index in [9.17, 15) is 9.18 Å². The maximum atomic E-state index is 13.4. The maximum Gasteiger partial charge on any atom is 0.257 e. The van der Waals surface area contributed by atoms with E-state index in [2.05, 4.69) is 22.5 Å². The number of pyridine rings is 1. The highest BCUT2D eigenvalue weighted by Gasteiger charge is 2.10. The van der Waals surface area contributed by atoms with E-state index >= 15 is 0 Å². The quantitative estimate of drug-likeness (QED) is 0.883. The number of hydrogen-bond acceptors (Lipinski definition) is 3. The van der Waals surface area contributed by atoms with Crippen molar-refractivity contribution in [2.24, 2.45) is 0 Å². The van der Waals surface area contributed by atoms with Crippen molar-refractivity contribution in [3.05, 3.63) is 53.5 Å². The summed E-state index contributed by atoms with van der Waals surface area (Å²) in [7, 11) is 0. The molecule has 4 nitrogen and oxygen atoms in total. The molecule has 110 valence electrons. The molecule has 0 saturated heterocycles. The first kappa shape index (κ1) is 15.0. The van der Waals surface area contributed by atoms with E-state index in [1.54, 1.807) is 31.2 Å². The number of nitrogens with zero attached hydrogens (tertiary/aromatic N) is 1. The highest BCUT2D eigenvalue weighted by molar-refractivity contribution is 6.04. The SMILES string of the molecule is CCCNc1ccc(C(=O)Nc2cccc(F)c2C)cn1. The van der Waals surface area contributed by atoms with Crippen molar-refractivity contribution < 1.29 is 9.18 Å². The van der Waals surface area contributed by atoms with Gasteiger partial charge in [-0.05, 0) is 37.6 Å². The molecular weight excluding hydrogens is 269 g/mol. The van der Waals surface area contributed by atoms with Gasteiger partial charge >= 0.3 is 0 Å². The smallest absolute Gasteiger partial charge is 0.257 e. The third-order valence-corrected chi connectivity index (χ3v) is 3.10. The lowest BCUT2D eigenvalue weighted by molar-refractivity contribution is 0.102. The highest BCUT2D eigenvalue weighted by atomic mass is 19.1. The fourth-order valence-corrected chi connectivity index (χ4v) is 1.82. The molecule has 1 amide bonds. The van der Waals surface area contributed by atoms with E-state index in [0.29, 0.717) is 16.8 Å². The van der Waals surface area contributed by atoms with Gasteiger partial charge in [0.25, 0.3) is 5.91 Å². The van der Waals surface area contributed by atoms with E-state index in [0.717, 1.165) is 18.8 Å². The van der Waals surface area contributed by atoms with Crippen LogP contribution in [0, 0.1) is 12.7 Å². The fraction of sp³-hybridized carbons (Fsp3) is 0.250. The average Bonchev–Trinajstić information content (AvgIpc) is 2.50. The highest BCUT2D eigenvalue weighted by Crippen LogP contribution is 2.18. The van der Waals surface area contributed by atoms with Crippen molar-refractivity contribution in [3.63, 3.8) is 0 Å². The van der Waals surface area contributed by atoms with Crippen LogP contribution in [0.25, 0.3) is 0 Å². The summed E-state index contributed by atoms with van der Waals surface area (Å²) < 4.78 is 13.4. The van der Waals surface area contributed by atoms with Crippen LogP contribution >= 0.6 is 0 Å². The zero-order chi connectivity index (χ0) is 15.2. The molecule has 0 bridgehead atoms. The van der Waals surface area contributed by atoms with Crippen molar-refractivity contribution in [2.75, 3.05) is 17.2 Å². The number of nitrogens with one attached hydrogen (secondary N) is 2. The first-order chi connectivity index (χ1) is 10.1. The van der Waals surface area contributed by atoms with Gasteiger partial charge in [0.1, 0.15) is 11.6 Å². The van der Waals surface area contributed by atoms with Crippen LogP contribution in [-0.2, 0) is 0 Å². The zero-order valence-electron chi connectivity index (χ0n) is 12.1. The van der Waals surface area contributed by atoms with E-state index in [1.165, 1.54) is 12.3 Å². The average molecular weight is 287 g/mol. The standard InChI is InChI=1S/C16H18FN3O/c1-3-9-18-15-8-7-12(10-19-15)16(21)20-14-6-4-5-13(17)11(14)2/h4-8,10H,3,9H2,1-2H3,(H,18,19)(H,20,21). The first-order valence-electron chi connectivity index (χ1n) is 6.88. The Morgan fingerprint density at radius 1 is 1.29 bits per heavy atom. The topological polar surface area (TPSA) is 54.0 Å². The zero-order valence-corrected chi connectivity index (χ0v) is 12.1. The monoisotopic (exact) mass is 287 g/mol. The number of halogens is 1. The normalized spacial score (nSPS) is 10.2. The lowest BCUT2D eigenvalue weighted by Crippen LogP contribution is -2.13. The predicted molar refractivity (Wildman–Crippen MR) is 82.1 cm³/mol. The molecule has 0 aliphatic carbocycles. The van der Waals surface area contributed by atoms with Crippen LogP contribution in [0.15, 0.2) is 36.5 Å². The molecule has 0 atom stereocenters. The van der Waals surface area contributed by atoms with Gasteiger partial charge in [-0.1, -0.05) is 13.0 Å². The second-order valence-electron chi connectivity index (χ2n) is 4.73. The Morgan fingerprint density at radius 2 is 2.10 bits per heavy atom. The molecule has 0 unspecified atom stereocenters. The van der Waals surface area contributed by atoms with Crippen LogP contribution in [0.2, 0.25) is 0 Å². The van der Waals surface area contributed by atoms with Crippen LogP contribution in [0.4, 0.5) is 15.9 Å². The van der Waals surface area contributed by atoms with Crippen LogP contribution < -0.4 is 10.6 Å². The summed E-state index contributed by atoms with van der Waals surface area (Å²) >= 11 is 0. The minimum atomic E-state index is -0.343. The Morgan fingerprint density at radius 3 is 2.76 bits per heavy atom. The van der Waals surface area contributed by atoms with Gasteiger partial charge in [-0.2, -0.15) is 0 Å². The van der Waals surface area contributed by atoms with Crippen molar-refractivity contribution >= 4 is 17.4 Å². The second kappa shape index (κ2) is 6.83. The van der Waals surface area contributed by atoms with Gasteiger partial charge in [0.05, 0.1) is 5.56 Å². The molecule has 1 aromatic heterocycles. The van der Waals surface area contributed by atoms with Crippen LogP contribution in [0.1, 0.15) is 29.3 Å². The van der Waals surface area contributed by atoms with Gasteiger partial charge in [0.2, 0.25) is 0 Å². The number of amides is 1. The molecule has 0 radical (unpaired) electrons. The Kier molecular flexibility index (Phi) is 4.87. The van der Waals surface area contributed by atoms with Crippen molar-refractivity contribution in [1.29, 1.82) is 0 Å². The molecular formula is C16H18FN3O. The van der Waals surface area contributed by atoms with E-state index in [4.69, 9.17) is 0 Å². The van der Waals surface area contributed by atoms with Crippen LogP contribution in [0.5, 0.6) is 0 Å². The molecule has 21 heavy (non-hydrogen) atoms. The summed E-state index contributed by atoms with van der Waals surface area (Å²) in [6.45, 7) is 4.53. The molecule has 2 N–H and O–H groups in total. The van der Waals surface area contributed by atoms with Gasteiger partial charge in [-0.3, -0.25) is 4.79 Å². The predicted octanol–water partition coefficient (Wildman–Crippen LogP) is 3.60. The van der Waals surface area contributed by atoms with E-state index < -0.39 is 0 Å². The van der Waals surface area contributed by atoms with Crippen molar-refractivity contribution in [3.8, 4) is 0 Å². The van der Waals surface area contributed by atoms with Gasteiger partial charge < -0.3 is 10.6 Å².